The number of para-hydroxylation sites is 1. The van der Waals surface area contributed by atoms with Crippen LogP contribution in [0, 0.1) is 0 Å². The number of rotatable bonds is 2. The number of benzene rings is 1. The maximum Gasteiger partial charge on any atom is 0.229 e. The molecule has 14 heavy (non-hydrogen) atoms. The van der Waals surface area contributed by atoms with Crippen LogP contribution in [0.15, 0.2) is 34.9 Å². The first-order valence-corrected chi connectivity index (χ1v) is 4.24. The highest BCUT2D eigenvalue weighted by atomic mass is 16.3. The second-order valence-electron chi connectivity index (χ2n) is 2.87. The smallest absolute Gasteiger partial charge is 0.229 e. The lowest BCUT2D eigenvalue weighted by molar-refractivity contribution is 0.473. The van der Waals surface area contributed by atoms with E-state index < -0.39 is 0 Å². The van der Waals surface area contributed by atoms with Crippen molar-refractivity contribution >= 4 is 0 Å². The first-order valence-electron chi connectivity index (χ1n) is 4.24. The summed E-state index contributed by atoms with van der Waals surface area (Å²) in [5, 5.41) is 9.51. The maximum atomic E-state index is 9.51. The average molecular weight is 190 g/mol. The van der Waals surface area contributed by atoms with Crippen molar-refractivity contribution in [2.75, 3.05) is 0 Å². The Morgan fingerprint density at radius 2 is 2.14 bits per heavy atom. The van der Waals surface area contributed by atoms with Crippen LogP contribution in [-0.2, 0) is 6.54 Å². The van der Waals surface area contributed by atoms with Crippen molar-refractivity contribution in [1.82, 2.24) is 4.98 Å². The van der Waals surface area contributed by atoms with E-state index in [9.17, 15) is 5.11 Å². The Bertz CT molecular complexity index is 437. The van der Waals surface area contributed by atoms with Gasteiger partial charge in [0.05, 0.1) is 11.3 Å². The predicted molar refractivity (Wildman–Crippen MR) is 51.5 cm³/mol. The van der Waals surface area contributed by atoms with Gasteiger partial charge < -0.3 is 15.3 Å². The van der Waals surface area contributed by atoms with Crippen LogP contribution in [-0.4, -0.2) is 10.1 Å². The SMILES string of the molecule is NCc1coc(-c2ccccc2O)n1. The van der Waals surface area contributed by atoms with Crippen LogP contribution in [0.3, 0.4) is 0 Å². The van der Waals surface area contributed by atoms with Gasteiger partial charge in [-0.2, -0.15) is 0 Å². The fourth-order valence-electron chi connectivity index (χ4n) is 1.18. The van der Waals surface area contributed by atoms with Crippen LogP contribution in [0.25, 0.3) is 11.5 Å². The molecule has 0 unspecified atom stereocenters. The highest BCUT2D eigenvalue weighted by molar-refractivity contribution is 5.61. The zero-order chi connectivity index (χ0) is 9.97. The molecule has 0 saturated carbocycles. The number of phenolic OH excluding ortho intramolecular Hbond substituents is 1. The highest BCUT2D eigenvalue weighted by Gasteiger charge is 2.08. The van der Waals surface area contributed by atoms with Gasteiger partial charge in [-0.15, -0.1) is 0 Å². The van der Waals surface area contributed by atoms with E-state index in [-0.39, 0.29) is 5.75 Å². The molecular formula is C10H10N2O2. The average Bonchev–Trinajstić information content (AvgIpc) is 2.67. The van der Waals surface area contributed by atoms with E-state index in [0.717, 1.165) is 0 Å². The predicted octanol–water partition coefficient (Wildman–Crippen LogP) is 1.51. The van der Waals surface area contributed by atoms with Crippen LogP contribution >= 0.6 is 0 Å². The standard InChI is InChI=1S/C10H10N2O2/c11-5-7-6-14-10(12-7)8-3-1-2-4-9(8)13/h1-4,6,13H,5,11H2. The molecule has 0 saturated heterocycles. The summed E-state index contributed by atoms with van der Waals surface area (Å²) in [4.78, 5) is 4.11. The molecule has 0 bridgehead atoms. The van der Waals surface area contributed by atoms with Gasteiger partial charge in [-0.25, -0.2) is 4.98 Å². The summed E-state index contributed by atoms with van der Waals surface area (Å²) in [7, 11) is 0. The van der Waals surface area contributed by atoms with Gasteiger partial charge in [0, 0.05) is 6.54 Å². The number of aromatic nitrogens is 1. The lowest BCUT2D eigenvalue weighted by Crippen LogP contribution is -1.95. The summed E-state index contributed by atoms with van der Waals surface area (Å²) in [5.41, 5.74) is 6.64. The van der Waals surface area contributed by atoms with E-state index in [2.05, 4.69) is 4.98 Å². The molecule has 0 aliphatic heterocycles. The van der Waals surface area contributed by atoms with E-state index >= 15 is 0 Å². The molecular weight excluding hydrogens is 180 g/mol. The number of phenols is 1. The molecule has 1 heterocycles. The third kappa shape index (κ3) is 1.47. The van der Waals surface area contributed by atoms with Crippen LogP contribution in [0.5, 0.6) is 5.75 Å². The van der Waals surface area contributed by atoms with Gasteiger partial charge in [-0.1, -0.05) is 12.1 Å². The van der Waals surface area contributed by atoms with E-state index in [0.29, 0.717) is 23.7 Å². The van der Waals surface area contributed by atoms with Crippen molar-refractivity contribution in [1.29, 1.82) is 0 Å². The molecule has 0 amide bonds. The number of nitrogens with two attached hydrogens (primary N) is 1. The monoisotopic (exact) mass is 190 g/mol. The topological polar surface area (TPSA) is 72.3 Å². The third-order valence-corrected chi connectivity index (χ3v) is 1.90. The fraction of sp³-hybridized carbons (Fsp3) is 0.100. The normalized spacial score (nSPS) is 10.4. The summed E-state index contributed by atoms with van der Waals surface area (Å²) >= 11 is 0. The van der Waals surface area contributed by atoms with Gasteiger partial charge in [-0.3, -0.25) is 0 Å². The minimum atomic E-state index is 0.151. The summed E-state index contributed by atoms with van der Waals surface area (Å²) in [6.45, 7) is 0.330. The van der Waals surface area contributed by atoms with Crippen molar-refractivity contribution in [2.45, 2.75) is 6.54 Å². The minimum Gasteiger partial charge on any atom is -0.507 e. The Hall–Kier alpha value is -1.81. The van der Waals surface area contributed by atoms with Gasteiger partial charge in [0.1, 0.15) is 12.0 Å². The molecule has 0 spiro atoms. The number of aromatic hydroxyl groups is 1. The Morgan fingerprint density at radius 3 is 2.79 bits per heavy atom. The summed E-state index contributed by atoms with van der Waals surface area (Å²) in [6.07, 6.45) is 1.49. The Balaban J connectivity index is 2.44. The van der Waals surface area contributed by atoms with Crippen molar-refractivity contribution < 1.29 is 9.52 Å². The summed E-state index contributed by atoms with van der Waals surface area (Å²) in [5.74, 6) is 0.543. The van der Waals surface area contributed by atoms with Crippen molar-refractivity contribution in [3.05, 3.63) is 36.2 Å². The maximum absolute atomic E-state index is 9.51. The molecule has 3 N–H and O–H groups in total. The molecule has 0 radical (unpaired) electrons. The summed E-state index contributed by atoms with van der Waals surface area (Å²) in [6, 6.07) is 6.87. The number of nitrogens with zero attached hydrogens (tertiary/aromatic N) is 1. The van der Waals surface area contributed by atoms with Crippen LogP contribution in [0.1, 0.15) is 5.69 Å². The molecule has 72 valence electrons. The van der Waals surface area contributed by atoms with Gasteiger partial charge in [0.2, 0.25) is 5.89 Å². The molecule has 0 atom stereocenters. The van der Waals surface area contributed by atoms with Gasteiger partial charge in [0.15, 0.2) is 0 Å². The Kier molecular flexibility index (Phi) is 2.20. The third-order valence-electron chi connectivity index (χ3n) is 1.90. The van der Waals surface area contributed by atoms with Gasteiger partial charge in [-0.05, 0) is 12.1 Å². The zero-order valence-electron chi connectivity index (χ0n) is 7.47. The first-order chi connectivity index (χ1) is 6.81. The van der Waals surface area contributed by atoms with Crippen LogP contribution in [0.2, 0.25) is 0 Å². The molecule has 1 aromatic carbocycles. The second kappa shape index (κ2) is 3.51. The Labute approximate surface area is 81.0 Å². The summed E-state index contributed by atoms with van der Waals surface area (Å²) < 4.78 is 5.17. The first kappa shape index (κ1) is 8.77. The quantitative estimate of drug-likeness (QED) is 0.752. The molecule has 0 aliphatic carbocycles. The minimum absolute atomic E-state index is 0.151. The molecule has 0 aliphatic rings. The van der Waals surface area contributed by atoms with E-state index in [1.54, 1.807) is 24.3 Å². The fourth-order valence-corrected chi connectivity index (χ4v) is 1.18. The molecule has 2 aromatic rings. The van der Waals surface area contributed by atoms with Crippen molar-refractivity contribution in [2.24, 2.45) is 5.73 Å². The number of oxazole rings is 1. The molecule has 2 rings (SSSR count). The largest absolute Gasteiger partial charge is 0.507 e. The van der Waals surface area contributed by atoms with Gasteiger partial charge >= 0.3 is 0 Å². The lowest BCUT2D eigenvalue weighted by atomic mass is 10.2. The molecule has 4 heteroatoms. The van der Waals surface area contributed by atoms with Crippen molar-refractivity contribution in [3.8, 4) is 17.2 Å². The van der Waals surface area contributed by atoms with Crippen LogP contribution < -0.4 is 5.73 Å². The van der Waals surface area contributed by atoms with Crippen LogP contribution in [0.4, 0.5) is 0 Å². The molecule has 0 fully saturated rings. The molecule has 1 aromatic heterocycles. The van der Waals surface area contributed by atoms with E-state index in [4.69, 9.17) is 10.2 Å². The van der Waals surface area contributed by atoms with Crippen molar-refractivity contribution in [3.63, 3.8) is 0 Å². The van der Waals surface area contributed by atoms with E-state index in [1.807, 2.05) is 0 Å². The molecule has 4 nitrogen and oxygen atoms in total. The highest BCUT2D eigenvalue weighted by Crippen LogP contribution is 2.27. The Morgan fingerprint density at radius 1 is 1.36 bits per heavy atom. The lowest BCUT2D eigenvalue weighted by Gasteiger charge is -1.97. The number of hydrogen-bond acceptors (Lipinski definition) is 4. The number of hydrogen-bond donors (Lipinski definition) is 2. The van der Waals surface area contributed by atoms with E-state index in [1.165, 1.54) is 6.26 Å². The zero-order valence-corrected chi connectivity index (χ0v) is 7.47. The van der Waals surface area contributed by atoms with Gasteiger partial charge in [0.25, 0.3) is 0 Å². The second-order valence-corrected chi connectivity index (χ2v) is 2.87.